The summed E-state index contributed by atoms with van der Waals surface area (Å²) in [6.07, 6.45) is 1.17. The molecule has 1 heterocycles. The minimum absolute atomic E-state index is 0.166. The number of rotatable bonds is 10. The molecule has 0 bridgehead atoms. The van der Waals surface area contributed by atoms with Crippen molar-refractivity contribution in [2.75, 3.05) is 0 Å². The van der Waals surface area contributed by atoms with Gasteiger partial charge in [-0.3, -0.25) is 19.2 Å². The maximum Gasteiger partial charge on any atom is 0.329 e. The van der Waals surface area contributed by atoms with Crippen LogP contribution in [0.4, 0.5) is 0 Å². The molecule has 0 fully saturated rings. The van der Waals surface area contributed by atoms with Crippen LogP contribution in [0, 0.1) is 0 Å². The van der Waals surface area contributed by atoms with Crippen LogP contribution in [0.1, 0.15) is 34.8 Å². The summed E-state index contributed by atoms with van der Waals surface area (Å²) in [5.41, 5.74) is 2.86. The van der Waals surface area contributed by atoms with E-state index in [0.29, 0.717) is 34.3 Å². The summed E-state index contributed by atoms with van der Waals surface area (Å²) in [6.45, 7) is 0.758. The van der Waals surface area contributed by atoms with E-state index in [2.05, 4.69) is 4.98 Å². The number of hydrogen-bond acceptors (Lipinski definition) is 4. The highest BCUT2D eigenvalue weighted by molar-refractivity contribution is 7.50. The van der Waals surface area contributed by atoms with Gasteiger partial charge in [0.05, 0.1) is 28.3 Å². The first-order valence-corrected chi connectivity index (χ1v) is 12.6. The van der Waals surface area contributed by atoms with E-state index in [1.54, 1.807) is 54.7 Å². The Kier molecular flexibility index (Phi) is 8.65. The number of benzene rings is 2. The van der Waals surface area contributed by atoms with Gasteiger partial charge in [-0.05, 0) is 41.0 Å². The number of carboxylic acids is 1. The number of aliphatic carboxylic acids is 1. The Bertz CT molecular complexity index is 1140. The van der Waals surface area contributed by atoms with E-state index in [4.69, 9.17) is 23.2 Å². The molecule has 1 aromatic heterocycles. The third-order valence-electron chi connectivity index (χ3n) is 5.03. The van der Waals surface area contributed by atoms with Gasteiger partial charge in [-0.25, -0.2) is 0 Å². The number of hydrogen-bond donors (Lipinski definition) is 3. The number of aromatic nitrogens is 1. The van der Waals surface area contributed by atoms with Crippen molar-refractivity contribution in [3.63, 3.8) is 0 Å². The maximum atomic E-state index is 11.7. The highest BCUT2D eigenvalue weighted by Crippen LogP contribution is 2.39. The number of pyridine rings is 1. The second-order valence-electron chi connectivity index (χ2n) is 7.65. The summed E-state index contributed by atoms with van der Waals surface area (Å²) >= 11 is 12.3. The molecule has 0 amide bonds. The summed E-state index contributed by atoms with van der Waals surface area (Å²) in [7, 11) is -4.16. The average molecular weight is 509 g/mol. The molecule has 0 spiro atoms. The van der Waals surface area contributed by atoms with Gasteiger partial charge < -0.3 is 14.9 Å². The topological polar surface area (TPSA) is 111 Å². The van der Waals surface area contributed by atoms with Crippen LogP contribution in [-0.2, 0) is 28.6 Å². The molecule has 2 aromatic carbocycles. The monoisotopic (exact) mass is 508 g/mol. The lowest BCUT2D eigenvalue weighted by Gasteiger charge is -2.31. The van der Waals surface area contributed by atoms with E-state index in [1.165, 1.54) is 0 Å². The van der Waals surface area contributed by atoms with Gasteiger partial charge in [0.15, 0.2) is 0 Å². The SMILES string of the molecule is O=C(O)CC(c1ccc(Cl)c(Cl)c1)N(Cc1ccc(CP(=O)(O)O)cc1)Cc1ccccn1. The van der Waals surface area contributed by atoms with E-state index in [9.17, 15) is 24.3 Å². The van der Waals surface area contributed by atoms with Crippen LogP contribution in [0.15, 0.2) is 66.9 Å². The van der Waals surface area contributed by atoms with E-state index in [-0.39, 0.29) is 12.6 Å². The Hall–Kier alpha value is -2.25. The van der Waals surface area contributed by atoms with Crippen LogP contribution < -0.4 is 0 Å². The van der Waals surface area contributed by atoms with Crippen molar-refractivity contribution in [2.45, 2.75) is 31.7 Å². The second-order valence-corrected chi connectivity index (χ2v) is 10.1. The number of halogens is 2. The summed E-state index contributed by atoms with van der Waals surface area (Å²) in [5.74, 6) is -0.964. The number of carbonyl (C=O) groups is 1. The molecule has 1 atom stereocenters. The van der Waals surface area contributed by atoms with Crippen molar-refractivity contribution in [2.24, 2.45) is 0 Å². The van der Waals surface area contributed by atoms with Gasteiger partial charge in [-0.2, -0.15) is 0 Å². The summed E-state index contributed by atoms with van der Waals surface area (Å²) < 4.78 is 11.3. The quantitative estimate of drug-likeness (QED) is 0.319. The lowest BCUT2D eigenvalue weighted by Crippen LogP contribution is -2.30. The van der Waals surface area contributed by atoms with Crippen molar-refractivity contribution >= 4 is 36.8 Å². The van der Waals surface area contributed by atoms with Crippen LogP contribution in [0.25, 0.3) is 0 Å². The van der Waals surface area contributed by atoms with Crippen molar-refractivity contribution < 1.29 is 24.3 Å². The minimum atomic E-state index is -4.16. The molecular formula is C23H23Cl2N2O5P. The van der Waals surface area contributed by atoms with Gasteiger partial charge in [0.25, 0.3) is 0 Å². The van der Waals surface area contributed by atoms with Crippen molar-refractivity contribution in [3.8, 4) is 0 Å². The fraction of sp³-hybridized carbons (Fsp3) is 0.217. The van der Waals surface area contributed by atoms with Gasteiger partial charge in [-0.1, -0.05) is 59.6 Å². The zero-order valence-electron chi connectivity index (χ0n) is 17.5. The summed E-state index contributed by atoms with van der Waals surface area (Å²) in [4.78, 5) is 36.5. The Morgan fingerprint density at radius 1 is 0.970 bits per heavy atom. The van der Waals surface area contributed by atoms with Gasteiger partial charge in [-0.15, -0.1) is 0 Å². The lowest BCUT2D eigenvalue weighted by atomic mass is 10.00. The molecule has 0 saturated carbocycles. The molecule has 3 N–H and O–H groups in total. The summed E-state index contributed by atoms with van der Waals surface area (Å²) in [5, 5.41) is 10.3. The van der Waals surface area contributed by atoms with Crippen LogP contribution in [0.3, 0.4) is 0 Å². The first-order valence-electron chi connectivity index (χ1n) is 10.0. The van der Waals surface area contributed by atoms with Crippen molar-refractivity contribution in [1.82, 2.24) is 9.88 Å². The Morgan fingerprint density at radius 2 is 1.67 bits per heavy atom. The molecule has 3 rings (SSSR count). The third kappa shape index (κ3) is 7.93. The predicted molar refractivity (Wildman–Crippen MR) is 127 cm³/mol. The smallest absolute Gasteiger partial charge is 0.329 e. The number of carboxylic acid groups (broad SMARTS) is 1. The Balaban J connectivity index is 1.95. The zero-order valence-corrected chi connectivity index (χ0v) is 19.9. The standard InChI is InChI=1S/C23H23Cl2N2O5P/c24-20-9-8-18(11-21(20)25)22(12-23(28)29)27(14-19-3-1-2-10-26-19)13-16-4-6-17(7-5-16)15-33(30,31)32/h1-11,22H,12-15H2,(H,28,29)(H2,30,31,32). The Labute approximate surface area is 201 Å². The molecule has 10 heteroatoms. The molecule has 0 saturated heterocycles. The van der Waals surface area contributed by atoms with E-state index >= 15 is 0 Å². The third-order valence-corrected chi connectivity index (χ3v) is 6.54. The molecule has 7 nitrogen and oxygen atoms in total. The fourth-order valence-electron chi connectivity index (χ4n) is 3.54. The van der Waals surface area contributed by atoms with Gasteiger partial charge in [0, 0.05) is 25.3 Å². The lowest BCUT2D eigenvalue weighted by molar-refractivity contribution is -0.138. The highest BCUT2D eigenvalue weighted by Gasteiger charge is 2.25. The van der Waals surface area contributed by atoms with E-state index < -0.39 is 19.6 Å². The van der Waals surface area contributed by atoms with Crippen molar-refractivity contribution in [1.29, 1.82) is 0 Å². The largest absolute Gasteiger partial charge is 0.481 e. The van der Waals surface area contributed by atoms with Crippen LogP contribution in [-0.4, -0.2) is 30.7 Å². The molecular weight excluding hydrogens is 486 g/mol. The molecule has 174 valence electrons. The normalized spacial score (nSPS) is 12.6. The molecule has 0 radical (unpaired) electrons. The average Bonchev–Trinajstić information content (AvgIpc) is 2.74. The Morgan fingerprint density at radius 3 is 2.24 bits per heavy atom. The summed E-state index contributed by atoms with van der Waals surface area (Å²) in [6, 6.07) is 17.0. The predicted octanol–water partition coefficient (Wildman–Crippen LogP) is 5.28. The molecule has 3 aromatic rings. The van der Waals surface area contributed by atoms with Gasteiger partial charge in [0.2, 0.25) is 0 Å². The first kappa shape index (κ1) is 25.4. The number of nitrogens with zero attached hydrogens (tertiary/aromatic N) is 2. The van der Waals surface area contributed by atoms with Crippen LogP contribution >= 0.6 is 30.8 Å². The second kappa shape index (κ2) is 11.3. The zero-order chi connectivity index (χ0) is 24.0. The highest BCUT2D eigenvalue weighted by atomic mass is 35.5. The molecule has 0 aliphatic carbocycles. The first-order chi connectivity index (χ1) is 15.6. The molecule has 0 aliphatic rings. The fourth-order valence-corrected chi connectivity index (χ4v) is 4.53. The van der Waals surface area contributed by atoms with E-state index in [0.717, 1.165) is 11.3 Å². The molecule has 1 unspecified atom stereocenters. The van der Waals surface area contributed by atoms with Crippen LogP contribution in [0.2, 0.25) is 10.0 Å². The van der Waals surface area contributed by atoms with Gasteiger partial charge in [0.1, 0.15) is 0 Å². The molecule has 0 aliphatic heterocycles. The van der Waals surface area contributed by atoms with Gasteiger partial charge >= 0.3 is 13.6 Å². The maximum absolute atomic E-state index is 11.7. The van der Waals surface area contributed by atoms with E-state index in [1.807, 2.05) is 17.0 Å². The van der Waals surface area contributed by atoms with Crippen LogP contribution in [0.5, 0.6) is 0 Å². The van der Waals surface area contributed by atoms with Crippen molar-refractivity contribution in [3.05, 3.63) is 99.3 Å². The molecule has 33 heavy (non-hydrogen) atoms. The minimum Gasteiger partial charge on any atom is -0.481 e.